The third-order valence-electron chi connectivity index (χ3n) is 3.24. The maximum absolute atomic E-state index is 13.2. The summed E-state index contributed by atoms with van der Waals surface area (Å²) in [7, 11) is 1.58. The summed E-state index contributed by atoms with van der Waals surface area (Å²) in [4.78, 5) is 25.4. The van der Waals surface area contributed by atoms with E-state index in [-0.39, 0.29) is 10.6 Å². The Labute approximate surface area is 138 Å². The van der Waals surface area contributed by atoms with Gasteiger partial charge in [-0.15, -0.1) is 0 Å². The molecular weight excluding hydrogens is 321 g/mol. The summed E-state index contributed by atoms with van der Waals surface area (Å²) in [6.45, 7) is 1.45. The van der Waals surface area contributed by atoms with Crippen LogP contribution < -0.4 is 4.90 Å². The van der Waals surface area contributed by atoms with E-state index >= 15 is 0 Å². The van der Waals surface area contributed by atoms with Crippen LogP contribution >= 0.6 is 11.6 Å². The molecule has 0 aliphatic carbocycles. The highest BCUT2D eigenvalue weighted by atomic mass is 35.5. The van der Waals surface area contributed by atoms with E-state index in [4.69, 9.17) is 16.3 Å². The Morgan fingerprint density at radius 2 is 1.96 bits per heavy atom. The van der Waals surface area contributed by atoms with E-state index in [2.05, 4.69) is 0 Å². The highest BCUT2D eigenvalue weighted by molar-refractivity contribution is 6.33. The number of nitrogens with zero attached hydrogens (tertiary/aromatic N) is 1. The number of amides is 1. The van der Waals surface area contributed by atoms with E-state index in [0.29, 0.717) is 5.69 Å². The zero-order chi connectivity index (χ0) is 17.0. The molecule has 0 spiro atoms. The summed E-state index contributed by atoms with van der Waals surface area (Å²) in [6, 6.07) is 10.7. The summed E-state index contributed by atoms with van der Waals surface area (Å²) in [5, 5.41) is 0.0656. The molecule has 4 nitrogen and oxygen atoms in total. The Morgan fingerprint density at radius 3 is 2.65 bits per heavy atom. The van der Waals surface area contributed by atoms with Gasteiger partial charge >= 0.3 is 5.97 Å². The number of likely N-dealkylation sites (N-methyl/N-ethyl adjacent to an activating group) is 1. The second kappa shape index (κ2) is 7.24. The van der Waals surface area contributed by atoms with Crippen molar-refractivity contribution in [3.8, 4) is 0 Å². The molecule has 6 heteroatoms. The van der Waals surface area contributed by atoms with Crippen LogP contribution in [0.3, 0.4) is 0 Å². The van der Waals surface area contributed by atoms with Crippen LogP contribution in [0.1, 0.15) is 15.9 Å². The van der Waals surface area contributed by atoms with Gasteiger partial charge in [0.15, 0.2) is 6.61 Å². The summed E-state index contributed by atoms with van der Waals surface area (Å²) in [5.41, 5.74) is 1.58. The third-order valence-corrected chi connectivity index (χ3v) is 3.57. The molecule has 0 fully saturated rings. The van der Waals surface area contributed by atoms with Crippen LogP contribution in [0, 0.1) is 12.7 Å². The van der Waals surface area contributed by atoms with E-state index in [0.717, 1.165) is 17.7 Å². The first-order valence-corrected chi connectivity index (χ1v) is 7.21. The van der Waals surface area contributed by atoms with Gasteiger partial charge in [0, 0.05) is 12.7 Å². The van der Waals surface area contributed by atoms with Crippen LogP contribution in [-0.2, 0) is 9.53 Å². The normalized spacial score (nSPS) is 10.3. The molecule has 23 heavy (non-hydrogen) atoms. The predicted octanol–water partition coefficient (Wildman–Crippen LogP) is 3.61. The van der Waals surface area contributed by atoms with Gasteiger partial charge in [-0.25, -0.2) is 9.18 Å². The largest absolute Gasteiger partial charge is 0.452 e. The number of benzene rings is 2. The van der Waals surface area contributed by atoms with Crippen molar-refractivity contribution in [1.29, 1.82) is 0 Å². The molecule has 2 rings (SSSR count). The quantitative estimate of drug-likeness (QED) is 0.802. The summed E-state index contributed by atoms with van der Waals surface area (Å²) in [5.74, 6) is -1.86. The molecule has 2 aromatic rings. The topological polar surface area (TPSA) is 46.6 Å². The second-order valence-corrected chi connectivity index (χ2v) is 5.40. The number of ether oxygens (including phenoxy) is 1. The number of rotatable bonds is 4. The molecule has 0 saturated carbocycles. The molecule has 2 aromatic carbocycles. The van der Waals surface area contributed by atoms with Gasteiger partial charge in [-0.3, -0.25) is 4.79 Å². The lowest BCUT2D eigenvalue weighted by Gasteiger charge is -2.17. The maximum Gasteiger partial charge on any atom is 0.340 e. The molecule has 0 N–H and O–H groups in total. The molecule has 0 heterocycles. The van der Waals surface area contributed by atoms with E-state index in [1.807, 2.05) is 25.1 Å². The number of hydrogen-bond donors (Lipinski definition) is 0. The van der Waals surface area contributed by atoms with Crippen LogP contribution in [0.4, 0.5) is 10.1 Å². The predicted molar refractivity (Wildman–Crippen MR) is 86.3 cm³/mol. The SMILES string of the molecule is Cc1cccc(N(C)C(=O)COC(=O)c2cc(F)ccc2Cl)c1. The minimum Gasteiger partial charge on any atom is -0.452 e. The molecule has 0 aliphatic rings. The molecule has 0 aromatic heterocycles. The second-order valence-electron chi connectivity index (χ2n) is 4.99. The van der Waals surface area contributed by atoms with Crippen LogP contribution in [0.5, 0.6) is 0 Å². The van der Waals surface area contributed by atoms with Crippen molar-refractivity contribution in [1.82, 2.24) is 0 Å². The summed E-state index contributed by atoms with van der Waals surface area (Å²) < 4.78 is 18.1. The fourth-order valence-electron chi connectivity index (χ4n) is 1.94. The zero-order valence-electron chi connectivity index (χ0n) is 12.7. The molecule has 0 bridgehead atoms. The Morgan fingerprint density at radius 1 is 1.22 bits per heavy atom. The first-order valence-electron chi connectivity index (χ1n) is 6.84. The number of anilines is 1. The van der Waals surface area contributed by atoms with Crippen LogP contribution in [0.2, 0.25) is 5.02 Å². The first kappa shape index (κ1) is 17.0. The van der Waals surface area contributed by atoms with E-state index in [9.17, 15) is 14.0 Å². The van der Waals surface area contributed by atoms with Gasteiger partial charge in [-0.2, -0.15) is 0 Å². The van der Waals surface area contributed by atoms with Gasteiger partial charge < -0.3 is 9.64 Å². The van der Waals surface area contributed by atoms with Gasteiger partial charge in [0.1, 0.15) is 5.82 Å². The van der Waals surface area contributed by atoms with Crippen molar-refractivity contribution in [2.45, 2.75) is 6.92 Å². The van der Waals surface area contributed by atoms with Crippen LogP contribution in [0.25, 0.3) is 0 Å². The highest BCUT2D eigenvalue weighted by Gasteiger charge is 2.17. The molecule has 0 radical (unpaired) electrons. The highest BCUT2D eigenvalue weighted by Crippen LogP contribution is 2.18. The average Bonchev–Trinajstić information content (AvgIpc) is 2.53. The monoisotopic (exact) mass is 335 g/mol. The standard InChI is InChI=1S/C17H15ClFNO3/c1-11-4-3-5-13(8-11)20(2)16(21)10-23-17(22)14-9-12(19)6-7-15(14)18/h3-9H,10H2,1-2H3. The Bertz CT molecular complexity index is 748. The molecule has 0 aliphatic heterocycles. The smallest absolute Gasteiger partial charge is 0.340 e. The third kappa shape index (κ3) is 4.29. The fraction of sp³-hybridized carbons (Fsp3) is 0.176. The number of carbonyl (C=O) groups excluding carboxylic acids is 2. The lowest BCUT2D eigenvalue weighted by atomic mass is 10.2. The lowest BCUT2D eigenvalue weighted by molar-refractivity contribution is -0.121. The number of esters is 1. The number of aryl methyl sites for hydroxylation is 1. The van der Waals surface area contributed by atoms with Gasteiger partial charge in [-0.1, -0.05) is 23.7 Å². The van der Waals surface area contributed by atoms with E-state index in [1.54, 1.807) is 13.1 Å². The first-order chi connectivity index (χ1) is 10.9. The number of carbonyl (C=O) groups is 2. The Kier molecular flexibility index (Phi) is 5.34. The van der Waals surface area contributed by atoms with Crippen molar-refractivity contribution in [3.63, 3.8) is 0 Å². The molecule has 0 atom stereocenters. The molecule has 0 saturated heterocycles. The minimum atomic E-state index is -0.847. The Hall–Kier alpha value is -2.40. The average molecular weight is 336 g/mol. The zero-order valence-corrected chi connectivity index (χ0v) is 13.4. The molecule has 1 amide bonds. The minimum absolute atomic E-state index is 0.0656. The maximum atomic E-state index is 13.2. The van der Waals surface area contributed by atoms with E-state index < -0.39 is 24.3 Å². The fourth-order valence-corrected chi connectivity index (χ4v) is 2.13. The number of halogens is 2. The van der Waals surface area contributed by atoms with Crippen LogP contribution in [0.15, 0.2) is 42.5 Å². The van der Waals surface area contributed by atoms with Crippen molar-refractivity contribution < 1.29 is 18.7 Å². The van der Waals surface area contributed by atoms with E-state index in [1.165, 1.54) is 11.0 Å². The van der Waals surface area contributed by atoms with Crippen molar-refractivity contribution >= 4 is 29.2 Å². The summed E-state index contributed by atoms with van der Waals surface area (Å²) in [6.07, 6.45) is 0. The van der Waals surface area contributed by atoms with Crippen molar-refractivity contribution in [3.05, 3.63) is 64.4 Å². The molecule has 120 valence electrons. The van der Waals surface area contributed by atoms with Crippen molar-refractivity contribution in [2.24, 2.45) is 0 Å². The van der Waals surface area contributed by atoms with Crippen molar-refractivity contribution in [2.75, 3.05) is 18.6 Å². The summed E-state index contributed by atoms with van der Waals surface area (Å²) >= 11 is 5.82. The van der Waals surface area contributed by atoms with Gasteiger partial charge in [0.25, 0.3) is 5.91 Å². The molecule has 0 unspecified atom stereocenters. The Balaban J connectivity index is 2.01. The lowest BCUT2D eigenvalue weighted by Crippen LogP contribution is -2.31. The molecular formula is C17H15ClFNO3. The van der Waals surface area contributed by atoms with Crippen LogP contribution in [-0.4, -0.2) is 25.5 Å². The van der Waals surface area contributed by atoms with Gasteiger partial charge in [0.2, 0.25) is 0 Å². The van der Waals surface area contributed by atoms with Gasteiger partial charge in [0.05, 0.1) is 10.6 Å². The van der Waals surface area contributed by atoms with Gasteiger partial charge in [-0.05, 0) is 42.8 Å². The number of hydrogen-bond acceptors (Lipinski definition) is 3.